The summed E-state index contributed by atoms with van der Waals surface area (Å²) in [6, 6.07) is 8.19. The maximum Gasteiger partial charge on any atom is 0.258 e. The van der Waals surface area contributed by atoms with Crippen LogP contribution in [0.3, 0.4) is 0 Å². The lowest BCUT2D eigenvalue weighted by molar-refractivity contribution is 0.102. The van der Waals surface area contributed by atoms with E-state index in [-0.39, 0.29) is 11.3 Å². The van der Waals surface area contributed by atoms with Crippen molar-refractivity contribution in [3.05, 3.63) is 52.3 Å². The van der Waals surface area contributed by atoms with Gasteiger partial charge in [-0.25, -0.2) is 4.39 Å². The van der Waals surface area contributed by atoms with Crippen molar-refractivity contribution >= 4 is 33.2 Å². The van der Waals surface area contributed by atoms with Crippen molar-refractivity contribution < 1.29 is 14.3 Å². The number of hydrogen-bond acceptors (Lipinski definition) is 3. The highest BCUT2D eigenvalue weighted by Crippen LogP contribution is 2.24. The van der Waals surface area contributed by atoms with Crippen LogP contribution >= 0.6 is 15.9 Å². The second kappa shape index (κ2) is 5.27. The van der Waals surface area contributed by atoms with Gasteiger partial charge < -0.3 is 16.2 Å². The highest BCUT2D eigenvalue weighted by Gasteiger charge is 2.12. The van der Waals surface area contributed by atoms with Gasteiger partial charge in [-0.1, -0.05) is 0 Å². The number of halogens is 2. The quantitative estimate of drug-likeness (QED) is 0.743. The van der Waals surface area contributed by atoms with E-state index in [9.17, 15) is 9.18 Å². The Morgan fingerprint density at radius 3 is 2.63 bits per heavy atom. The molecule has 1 amide bonds. The first-order chi connectivity index (χ1) is 8.97. The third-order valence-electron chi connectivity index (χ3n) is 2.46. The number of aromatic hydroxyl groups is 1. The summed E-state index contributed by atoms with van der Waals surface area (Å²) < 4.78 is 14.1. The van der Waals surface area contributed by atoms with E-state index in [1.807, 2.05) is 0 Å². The maximum absolute atomic E-state index is 13.5. The summed E-state index contributed by atoms with van der Waals surface area (Å²) in [7, 11) is 0. The Kier molecular flexibility index (Phi) is 3.71. The van der Waals surface area contributed by atoms with Crippen LogP contribution in [0.1, 0.15) is 10.4 Å². The van der Waals surface area contributed by atoms with E-state index >= 15 is 0 Å². The standard InChI is InChI=1S/C13H10BrFN2O2/c14-10-5-7(1-4-12(10)16)17-13(19)9-3-2-8(18)6-11(9)15/h1-6,18H,16H2,(H,17,19). The Labute approximate surface area is 117 Å². The van der Waals surface area contributed by atoms with Crippen LogP contribution < -0.4 is 11.1 Å². The SMILES string of the molecule is Nc1ccc(NC(=O)c2ccc(O)cc2F)cc1Br. The molecule has 0 spiro atoms. The molecule has 4 nitrogen and oxygen atoms in total. The number of hydrogen-bond donors (Lipinski definition) is 3. The van der Waals surface area contributed by atoms with Gasteiger partial charge in [-0.05, 0) is 46.3 Å². The highest BCUT2D eigenvalue weighted by atomic mass is 79.9. The van der Waals surface area contributed by atoms with E-state index in [0.29, 0.717) is 15.8 Å². The van der Waals surface area contributed by atoms with E-state index in [2.05, 4.69) is 21.2 Å². The highest BCUT2D eigenvalue weighted by molar-refractivity contribution is 9.10. The smallest absolute Gasteiger partial charge is 0.258 e. The Balaban J connectivity index is 2.23. The molecule has 2 rings (SSSR count). The van der Waals surface area contributed by atoms with Gasteiger partial charge in [-0.3, -0.25) is 4.79 Å². The van der Waals surface area contributed by atoms with E-state index in [1.165, 1.54) is 12.1 Å². The third-order valence-corrected chi connectivity index (χ3v) is 3.14. The number of nitrogen functional groups attached to an aromatic ring is 1. The zero-order valence-electron chi connectivity index (χ0n) is 9.65. The van der Waals surface area contributed by atoms with E-state index in [0.717, 1.165) is 6.07 Å². The van der Waals surface area contributed by atoms with E-state index < -0.39 is 11.7 Å². The van der Waals surface area contributed by atoms with Crippen LogP contribution in [0.4, 0.5) is 15.8 Å². The second-order valence-corrected chi connectivity index (χ2v) is 4.71. The number of nitrogens with one attached hydrogen (secondary N) is 1. The molecular formula is C13H10BrFN2O2. The average molecular weight is 325 g/mol. The van der Waals surface area contributed by atoms with Gasteiger partial charge in [0.25, 0.3) is 5.91 Å². The molecule has 0 aromatic heterocycles. The number of phenolic OH excluding ortho intramolecular Hbond substituents is 1. The summed E-state index contributed by atoms with van der Waals surface area (Å²) >= 11 is 3.23. The molecule has 0 aliphatic rings. The normalized spacial score (nSPS) is 10.2. The van der Waals surface area contributed by atoms with E-state index in [1.54, 1.807) is 18.2 Å². The van der Waals surface area contributed by atoms with Gasteiger partial charge in [0.15, 0.2) is 0 Å². The largest absolute Gasteiger partial charge is 0.508 e. The molecule has 0 unspecified atom stereocenters. The Morgan fingerprint density at radius 1 is 1.26 bits per heavy atom. The number of carbonyl (C=O) groups is 1. The fourth-order valence-corrected chi connectivity index (χ4v) is 1.87. The van der Waals surface area contributed by atoms with Crippen molar-refractivity contribution in [3.63, 3.8) is 0 Å². The molecule has 0 atom stereocenters. The van der Waals surface area contributed by atoms with Crippen LogP contribution in [0.2, 0.25) is 0 Å². The van der Waals surface area contributed by atoms with Gasteiger partial charge >= 0.3 is 0 Å². The molecule has 2 aromatic carbocycles. The van der Waals surface area contributed by atoms with Crippen molar-refractivity contribution in [2.24, 2.45) is 0 Å². The molecule has 0 fully saturated rings. The van der Waals surface area contributed by atoms with Gasteiger partial charge in [0.05, 0.1) is 5.56 Å². The Bertz CT molecular complexity index is 647. The summed E-state index contributed by atoms with van der Waals surface area (Å²) in [6.45, 7) is 0. The van der Waals surface area contributed by atoms with Crippen LogP contribution in [-0.4, -0.2) is 11.0 Å². The predicted octanol–water partition coefficient (Wildman–Crippen LogP) is 3.13. The van der Waals surface area contributed by atoms with Crippen molar-refractivity contribution in [2.45, 2.75) is 0 Å². The zero-order valence-corrected chi connectivity index (χ0v) is 11.2. The summed E-state index contributed by atoms with van der Waals surface area (Å²) in [5.74, 6) is -1.62. The van der Waals surface area contributed by atoms with Crippen LogP contribution in [0.5, 0.6) is 5.75 Å². The monoisotopic (exact) mass is 324 g/mol. The van der Waals surface area contributed by atoms with Gasteiger partial charge in [-0.15, -0.1) is 0 Å². The van der Waals surface area contributed by atoms with Crippen molar-refractivity contribution in [1.29, 1.82) is 0 Å². The number of anilines is 2. The summed E-state index contributed by atoms with van der Waals surface area (Å²) in [6.07, 6.45) is 0. The second-order valence-electron chi connectivity index (χ2n) is 3.85. The molecule has 0 saturated heterocycles. The molecule has 0 saturated carbocycles. The summed E-state index contributed by atoms with van der Waals surface area (Å²) in [4.78, 5) is 11.9. The number of benzene rings is 2. The molecule has 4 N–H and O–H groups in total. The van der Waals surface area contributed by atoms with Gasteiger partial charge in [0.2, 0.25) is 0 Å². The minimum Gasteiger partial charge on any atom is -0.508 e. The van der Waals surface area contributed by atoms with Crippen molar-refractivity contribution in [3.8, 4) is 5.75 Å². The van der Waals surface area contributed by atoms with Crippen LogP contribution in [0.25, 0.3) is 0 Å². The number of nitrogens with two attached hydrogens (primary N) is 1. The lowest BCUT2D eigenvalue weighted by Crippen LogP contribution is -2.13. The van der Waals surface area contributed by atoms with E-state index in [4.69, 9.17) is 10.8 Å². The first kappa shape index (κ1) is 13.4. The fraction of sp³-hybridized carbons (Fsp3) is 0. The molecule has 6 heteroatoms. The zero-order chi connectivity index (χ0) is 14.0. The Hall–Kier alpha value is -2.08. The number of carbonyl (C=O) groups excluding carboxylic acids is 1. The average Bonchev–Trinajstić information content (AvgIpc) is 2.33. The molecular weight excluding hydrogens is 315 g/mol. The first-order valence-electron chi connectivity index (χ1n) is 5.32. The molecule has 98 valence electrons. The van der Waals surface area contributed by atoms with Crippen LogP contribution in [-0.2, 0) is 0 Å². The van der Waals surface area contributed by atoms with Crippen molar-refractivity contribution in [2.75, 3.05) is 11.1 Å². The minimum atomic E-state index is -0.785. The number of phenols is 1. The third kappa shape index (κ3) is 3.03. The summed E-state index contributed by atoms with van der Waals surface area (Å²) in [5, 5.41) is 11.6. The molecule has 0 aliphatic heterocycles. The lowest BCUT2D eigenvalue weighted by atomic mass is 10.2. The van der Waals surface area contributed by atoms with Gasteiger partial charge in [0, 0.05) is 21.9 Å². The lowest BCUT2D eigenvalue weighted by Gasteiger charge is -2.07. The number of amides is 1. The summed E-state index contributed by atoms with van der Waals surface area (Å²) in [5.41, 5.74) is 6.50. The van der Waals surface area contributed by atoms with Crippen molar-refractivity contribution in [1.82, 2.24) is 0 Å². The number of rotatable bonds is 2. The molecule has 19 heavy (non-hydrogen) atoms. The Morgan fingerprint density at radius 2 is 2.00 bits per heavy atom. The van der Waals surface area contributed by atoms with Gasteiger partial charge in [-0.2, -0.15) is 0 Å². The molecule has 0 heterocycles. The molecule has 2 aromatic rings. The van der Waals surface area contributed by atoms with Gasteiger partial charge in [0.1, 0.15) is 11.6 Å². The molecule has 0 radical (unpaired) electrons. The predicted molar refractivity (Wildman–Crippen MR) is 74.6 cm³/mol. The first-order valence-corrected chi connectivity index (χ1v) is 6.11. The maximum atomic E-state index is 13.5. The molecule has 0 bridgehead atoms. The fourth-order valence-electron chi connectivity index (χ4n) is 1.49. The topological polar surface area (TPSA) is 75.3 Å². The van der Waals surface area contributed by atoms with Crippen LogP contribution in [0, 0.1) is 5.82 Å². The minimum absolute atomic E-state index is 0.147. The van der Waals surface area contributed by atoms with Crippen LogP contribution in [0.15, 0.2) is 40.9 Å². The molecule has 0 aliphatic carbocycles.